The van der Waals surface area contributed by atoms with Crippen molar-refractivity contribution in [3.63, 3.8) is 0 Å². The smallest absolute Gasteiger partial charge is 0.254 e. The number of hydrogen-bond acceptors (Lipinski definition) is 16. The van der Waals surface area contributed by atoms with Gasteiger partial charge in [0.15, 0.2) is 0 Å². The molecule has 0 aromatic heterocycles. The van der Waals surface area contributed by atoms with Crippen LogP contribution in [0.25, 0.3) is 0 Å². The summed E-state index contributed by atoms with van der Waals surface area (Å²) in [5.74, 6) is -4.25. The van der Waals surface area contributed by atoms with Crippen molar-refractivity contribution in [1.29, 1.82) is 0 Å². The molecular weight excluding hydrogens is 917 g/mol. The first-order valence-corrected chi connectivity index (χ1v) is 23.5. The summed E-state index contributed by atoms with van der Waals surface area (Å²) >= 11 is 0. The predicted molar refractivity (Wildman–Crippen MR) is 259 cm³/mol. The summed E-state index contributed by atoms with van der Waals surface area (Å²) in [6, 6.07) is 0. The van der Waals surface area contributed by atoms with Gasteiger partial charge >= 0.3 is 0 Å². The molecule has 22 nitrogen and oxygen atoms in total. The average molecular weight is 993 g/mol. The Morgan fingerprint density at radius 2 is 0.600 bits per heavy atom. The lowest BCUT2D eigenvalue weighted by Crippen LogP contribution is -2.48. The van der Waals surface area contributed by atoms with E-state index in [1.807, 2.05) is 0 Å². The van der Waals surface area contributed by atoms with Crippen LogP contribution in [0.5, 0.6) is 0 Å². The minimum Gasteiger partial charge on any atom is -0.395 e. The SMILES string of the molecule is CCc1c(C(=O)N(CCO)CCO)c(C)c(C(=O)N(CCO)CCO)c(C)c1N(CC(O)C(O)CN(C(C)=O)c1c(C)c(C(=O)N(CCO)CCO)c(C)c(C(=O)N(CCO)CCO)c1CC)C(C)=O. The molecule has 0 saturated carbocycles. The van der Waals surface area contributed by atoms with Gasteiger partial charge in [-0.3, -0.25) is 28.8 Å². The molecule has 2 aromatic rings. The molecule has 0 bridgehead atoms. The molecule has 0 radical (unpaired) electrons. The minimum absolute atomic E-state index is 0.0162. The van der Waals surface area contributed by atoms with Crippen molar-refractivity contribution in [2.45, 2.75) is 80.4 Å². The molecule has 2 atom stereocenters. The lowest BCUT2D eigenvalue weighted by atomic mass is 9.86. The third-order valence-corrected chi connectivity index (χ3v) is 12.3. The molecule has 0 aliphatic carbocycles. The second kappa shape index (κ2) is 29.3. The second-order valence-corrected chi connectivity index (χ2v) is 16.7. The van der Waals surface area contributed by atoms with Crippen LogP contribution in [-0.2, 0) is 22.4 Å². The van der Waals surface area contributed by atoms with Gasteiger partial charge in [0.05, 0.1) is 89.5 Å². The summed E-state index contributed by atoms with van der Waals surface area (Å²) in [5, 5.41) is 103. The van der Waals surface area contributed by atoms with Crippen LogP contribution in [0, 0.1) is 27.7 Å². The highest BCUT2D eigenvalue weighted by Crippen LogP contribution is 2.39. The van der Waals surface area contributed by atoms with Gasteiger partial charge in [0.1, 0.15) is 0 Å². The highest BCUT2D eigenvalue weighted by atomic mass is 16.3. The maximum absolute atomic E-state index is 14.4. The summed E-state index contributed by atoms with van der Waals surface area (Å²) in [6.07, 6.45) is -3.65. The Morgan fingerprint density at radius 3 is 0.786 bits per heavy atom. The van der Waals surface area contributed by atoms with E-state index in [0.717, 1.165) is 33.4 Å². The fourth-order valence-electron chi connectivity index (χ4n) is 9.06. The Bertz CT molecular complexity index is 1970. The Kier molecular flexibility index (Phi) is 25.5. The average Bonchev–Trinajstić information content (AvgIpc) is 3.31. The van der Waals surface area contributed by atoms with E-state index in [1.165, 1.54) is 37.5 Å². The van der Waals surface area contributed by atoms with E-state index in [2.05, 4.69) is 0 Å². The van der Waals surface area contributed by atoms with E-state index in [4.69, 9.17) is 0 Å². The first-order chi connectivity index (χ1) is 33.2. The normalized spacial score (nSPS) is 12.1. The highest BCUT2D eigenvalue weighted by Gasteiger charge is 2.37. The quantitative estimate of drug-likeness (QED) is 0.0417. The largest absolute Gasteiger partial charge is 0.395 e. The Balaban J connectivity index is 3.05. The summed E-state index contributed by atoms with van der Waals surface area (Å²) in [4.78, 5) is 92.2. The molecule has 2 rings (SSSR count). The van der Waals surface area contributed by atoms with Crippen LogP contribution in [0.2, 0.25) is 0 Å². The van der Waals surface area contributed by atoms with Crippen LogP contribution < -0.4 is 9.80 Å². The number of amides is 6. The van der Waals surface area contributed by atoms with Crippen molar-refractivity contribution in [1.82, 2.24) is 19.6 Å². The van der Waals surface area contributed by atoms with Gasteiger partial charge in [0.2, 0.25) is 11.8 Å². The third-order valence-electron chi connectivity index (χ3n) is 12.3. The van der Waals surface area contributed by atoms with Crippen molar-refractivity contribution >= 4 is 46.8 Å². The van der Waals surface area contributed by atoms with Crippen LogP contribution in [0.15, 0.2) is 0 Å². The summed E-state index contributed by atoms with van der Waals surface area (Å²) in [5.41, 5.74) is 0.941. The fourth-order valence-corrected chi connectivity index (χ4v) is 9.06. The van der Waals surface area contributed by atoms with Gasteiger partial charge in [0.25, 0.3) is 23.6 Å². The molecule has 394 valence electrons. The first kappa shape index (κ1) is 61.0. The molecule has 6 amide bonds. The van der Waals surface area contributed by atoms with Crippen LogP contribution >= 0.6 is 0 Å². The van der Waals surface area contributed by atoms with Crippen LogP contribution in [0.1, 0.15) is 103 Å². The predicted octanol–water partition coefficient (Wildman–Crippen LogP) is -2.12. The van der Waals surface area contributed by atoms with Crippen LogP contribution in [0.4, 0.5) is 11.4 Å². The topological polar surface area (TPSA) is 324 Å². The molecule has 22 heteroatoms. The van der Waals surface area contributed by atoms with Gasteiger partial charge in [0, 0.05) is 88.5 Å². The molecule has 2 unspecified atom stereocenters. The number of anilines is 2. The Labute approximate surface area is 409 Å². The maximum Gasteiger partial charge on any atom is 0.254 e. The summed E-state index contributed by atoms with van der Waals surface area (Å²) in [7, 11) is 0. The fraction of sp³-hybridized carbons (Fsp3) is 0.625. The number of benzene rings is 2. The Hall–Kier alpha value is -5.14. The zero-order valence-corrected chi connectivity index (χ0v) is 41.9. The van der Waals surface area contributed by atoms with Crippen LogP contribution in [-0.4, -0.2) is 237 Å². The molecule has 70 heavy (non-hydrogen) atoms. The van der Waals surface area contributed by atoms with E-state index in [9.17, 15) is 79.8 Å². The van der Waals surface area contributed by atoms with E-state index >= 15 is 0 Å². The lowest BCUT2D eigenvalue weighted by molar-refractivity contribution is -0.118. The molecule has 2 aromatic carbocycles. The van der Waals surface area contributed by atoms with Gasteiger partial charge in [-0.2, -0.15) is 0 Å². The van der Waals surface area contributed by atoms with Gasteiger partial charge in [-0.25, -0.2) is 0 Å². The molecule has 0 aliphatic rings. The molecule has 0 fully saturated rings. The second-order valence-electron chi connectivity index (χ2n) is 16.7. The Morgan fingerprint density at radius 1 is 0.386 bits per heavy atom. The molecule has 10 N–H and O–H groups in total. The molecule has 0 spiro atoms. The van der Waals surface area contributed by atoms with Gasteiger partial charge < -0.3 is 80.5 Å². The van der Waals surface area contributed by atoms with Gasteiger partial charge in [-0.15, -0.1) is 0 Å². The molecule has 0 aliphatic heterocycles. The number of aliphatic hydroxyl groups is 10. The number of nitrogens with zero attached hydrogens (tertiary/aromatic N) is 6. The van der Waals surface area contributed by atoms with Crippen molar-refractivity contribution < 1.29 is 79.8 Å². The van der Waals surface area contributed by atoms with Crippen LogP contribution in [0.3, 0.4) is 0 Å². The minimum atomic E-state index is -1.89. The zero-order valence-electron chi connectivity index (χ0n) is 41.9. The maximum atomic E-state index is 14.4. The van der Waals surface area contributed by atoms with Crippen molar-refractivity contribution in [3.8, 4) is 0 Å². The zero-order chi connectivity index (χ0) is 53.2. The number of hydrogen-bond donors (Lipinski definition) is 10. The number of carbonyl (C=O) groups excluding carboxylic acids is 6. The third kappa shape index (κ3) is 14.0. The van der Waals surface area contributed by atoms with Crippen molar-refractivity contribution in [3.05, 3.63) is 55.6 Å². The van der Waals surface area contributed by atoms with Gasteiger partial charge in [-0.1, -0.05) is 13.8 Å². The number of aliphatic hydroxyl groups excluding tert-OH is 10. The van der Waals surface area contributed by atoms with E-state index in [1.54, 1.807) is 13.8 Å². The molecular formula is C48H76N6O16. The summed E-state index contributed by atoms with van der Waals surface area (Å²) in [6.45, 7) is 4.87. The lowest BCUT2D eigenvalue weighted by Gasteiger charge is -2.36. The molecule has 0 heterocycles. The van der Waals surface area contributed by atoms with E-state index < -0.39 is 114 Å². The first-order valence-electron chi connectivity index (χ1n) is 23.5. The monoisotopic (exact) mass is 993 g/mol. The number of rotatable bonds is 29. The van der Waals surface area contributed by atoms with E-state index in [-0.39, 0.29) is 132 Å². The van der Waals surface area contributed by atoms with E-state index in [0.29, 0.717) is 0 Å². The van der Waals surface area contributed by atoms with Crippen molar-refractivity contribution in [2.75, 3.05) is 128 Å². The molecule has 0 saturated heterocycles. The van der Waals surface area contributed by atoms with Crippen molar-refractivity contribution in [2.24, 2.45) is 0 Å². The highest BCUT2D eigenvalue weighted by molar-refractivity contribution is 6.10. The summed E-state index contributed by atoms with van der Waals surface area (Å²) < 4.78 is 0. The standard InChI is InChI=1S/C48H76N6O16/c1-9-35-41(47(69)51(15-23-59)16-24-60)29(3)39(45(67)49(11-19-55)12-20-56)31(5)43(35)53(33(7)63)27-37(65)38(66)28-54(34(8)64)44-32(6)40(46(68)50(13-21-57)14-22-58)30(4)42(36(44)10-2)48(70)52(17-25-61)18-26-62/h37-38,55-62,65-66H,9-28H2,1-8H3. The van der Waals surface area contributed by atoms with Gasteiger partial charge in [-0.05, 0) is 73.9 Å². The number of carbonyl (C=O) groups is 6.